The van der Waals surface area contributed by atoms with Gasteiger partial charge in [-0.1, -0.05) is 108 Å². The first-order valence-electron chi connectivity index (χ1n) is 21.5. The van der Waals surface area contributed by atoms with E-state index in [4.69, 9.17) is 18.6 Å². The Hall–Kier alpha value is -5.39. The van der Waals surface area contributed by atoms with Crippen LogP contribution in [-0.4, -0.2) is 25.8 Å². The highest BCUT2D eigenvalue weighted by Gasteiger charge is 2.28. The second kappa shape index (κ2) is 25.4. The van der Waals surface area contributed by atoms with Gasteiger partial charge in [-0.25, -0.2) is 18.0 Å². The van der Waals surface area contributed by atoms with Crippen molar-refractivity contribution < 1.29 is 50.1 Å². The van der Waals surface area contributed by atoms with Gasteiger partial charge in [-0.15, -0.1) is 0 Å². The van der Waals surface area contributed by atoms with Crippen molar-refractivity contribution in [2.45, 2.75) is 116 Å². The molecule has 0 N–H and O–H groups in total. The van der Waals surface area contributed by atoms with Crippen LogP contribution in [-0.2, 0) is 4.79 Å². The van der Waals surface area contributed by atoms with Gasteiger partial charge in [0.15, 0.2) is 0 Å². The summed E-state index contributed by atoms with van der Waals surface area (Å²) in [6, 6.07) is 25.0. The van der Waals surface area contributed by atoms with Crippen LogP contribution in [0.25, 0.3) is 22.1 Å². The summed E-state index contributed by atoms with van der Waals surface area (Å²) in [5.41, 5.74) is 2.40. The molecule has 1 aromatic heterocycles. The number of halogens is 5. The molecule has 0 amide bonds. The van der Waals surface area contributed by atoms with Crippen LogP contribution in [0.15, 0.2) is 88.1 Å². The maximum Gasteiger partial charge on any atom is 0.336 e. The Labute approximate surface area is 354 Å². The van der Waals surface area contributed by atoms with Crippen molar-refractivity contribution in [2.24, 2.45) is 0 Å². The van der Waals surface area contributed by atoms with Crippen molar-refractivity contribution in [3.8, 4) is 34.1 Å². The number of ether oxygens (including phenoxy) is 4. The van der Waals surface area contributed by atoms with Crippen LogP contribution >= 0.6 is 0 Å². The molecule has 0 aliphatic heterocycles. The van der Waals surface area contributed by atoms with Gasteiger partial charge in [0.2, 0.25) is 34.8 Å². The fourth-order valence-electron chi connectivity index (χ4n) is 6.90. The van der Waals surface area contributed by atoms with Crippen LogP contribution in [0.3, 0.4) is 0 Å². The summed E-state index contributed by atoms with van der Waals surface area (Å²) in [7, 11) is 0. The van der Waals surface area contributed by atoms with Crippen LogP contribution < -0.4 is 24.6 Å². The number of carbonyl (C=O) groups is 1. The fraction of sp³-hybridized carbons (Fsp3) is 0.429. The van der Waals surface area contributed by atoms with Gasteiger partial charge in [0.1, 0.15) is 22.8 Å². The van der Waals surface area contributed by atoms with E-state index in [0.717, 1.165) is 98.0 Å². The molecule has 0 aliphatic rings. The normalized spacial score (nSPS) is 11.2. The lowest BCUT2D eigenvalue weighted by Gasteiger charge is -2.09. The van der Waals surface area contributed by atoms with E-state index < -0.39 is 40.8 Å². The lowest BCUT2D eigenvalue weighted by molar-refractivity contribution is -0.135. The van der Waals surface area contributed by atoms with Gasteiger partial charge in [-0.2, -0.15) is 8.78 Å². The predicted octanol–water partition coefficient (Wildman–Crippen LogP) is 13.6. The number of carbonyl (C=O) groups excluding carboxylic acids is 1. The van der Waals surface area contributed by atoms with Gasteiger partial charge in [-0.05, 0) is 79.3 Å². The number of unbranched alkanes of at least 4 members (excludes halogenated alkanes) is 15. The molecule has 4 aromatic carbocycles. The quantitative estimate of drug-likeness (QED) is 0.00942. The summed E-state index contributed by atoms with van der Waals surface area (Å²) in [6.07, 6.45) is 17.1. The Morgan fingerprint density at radius 3 is 1.30 bits per heavy atom. The third kappa shape index (κ3) is 15.5. The number of benzene rings is 4. The molecule has 0 saturated heterocycles. The lowest BCUT2D eigenvalue weighted by atomic mass is 10.1. The zero-order valence-electron chi connectivity index (χ0n) is 34.6. The molecule has 61 heavy (non-hydrogen) atoms. The maximum atomic E-state index is 13.7. The number of hydrogen-bond acceptors (Lipinski definition) is 7. The van der Waals surface area contributed by atoms with E-state index in [-0.39, 0.29) is 12.0 Å². The molecule has 0 saturated carbocycles. The molecule has 0 spiro atoms. The van der Waals surface area contributed by atoms with E-state index in [1.165, 1.54) is 38.2 Å². The van der Waals surface area contributed by atoms with Gasteiger partial charge in [0, 0.05) is 23.9 Å². The van der Waals surface area contributed by atoms with Crippen LogP contribution in [0.4, 0.5) is 22.0 Å². The highest BCUT2D eigenvalue weighted by atomic mass is 19.2. The standard InChI is InChI=1S/C49H55F5O7/c50-44-45(51)47(53)49(48(54)46(44)52)61-42(55)18-14-10-6-2-5-9-12-16-32-58-39-27-21-36(22-28-39)35-19-25-38(26-20-35)57-31-15-11-7-3-1-4-8-13-17-33-59-40-29-23-37-24-30-43(56)60-41(37)34-40/h19-30,34H,1-18,31-33H2. The van der Waals surface area contributed by atoms with Crippen molar-refractivity contribution in [1.29, 1.82) is 0 Å². The molecule has 0 atom stereocenters. The first-order valence-corrected chi connectivity index (χ1v) is 21.5. The number of hydrogen-bond donors (Lipinski definition) is 0. The highest BCUT2D eigenvalue weighted by molar-refractivity contribution is 5.77. The average Bonchev–Trinajstić information content (AvgIpc) is 3.27. The highest BCUT2D eigenvalue weighted by Crippen LogP contribution is 2.30. The molecule has 5 aromatic rings. The average molecular weight is 851 g/mol. The van der Waals surface area contributed by atoms with E-state index in [9.17, 15) is 31.5 Å². The lowest BCUT2D eigenvalue weighted by Crippen LogP contribution is -2.13. The van der Waals surface area contributed by atoms with Crippen molar-refractivity contribution in [3.05, 3.63) is 118 Å². The van der Waals surface area contributed by atoms with E-state index in [0.29, 0.717) is 38.2 Å². The first-order chi connectivity index (χ1) is 29.7. The van der Waals surface area contributed by atoms with Gasteiger partial charge < -0.3 is 23.4 Å². The van der Waals surface area contributed by atoms with Crippen LogP contribution in [0.1, 0.15) is 116 Å². The zero-order valence-corrected chi connectivity index (χ0v) is 34.6. The van der Waals surface area contributed by atoms with Gasteiger partial charge in [0.25, 0.3) is 0 Å². The third-order valence-corrected chi connectivity index (χ3v) is 10.4. The van der Waals surface area contributed by atoms with Crippen molar-refractivity contribution in [2.75, 3.05) is 19.8 Å². The summed E-state index contributed by atoms with van der Waals surface area (Å²) >= 11 is 0. The predicted molar refractivity (Wildman–Crippen MR) is 226 cm³/mol. The monoisotopic (exact) mass is 850 g/mol. The molecule has 7 nitrogen and oxygen atoms in total. The summed E-state index contributed by atoms with van der Waals surface area (Å²) in [5, 5.41) is 0.882. The van der Waals surface area contributed by atoms with Crippen molar-refractivity contribution in [1.82, 2.24) is 0 Å². The Bertz CT molecular complexity index is 2130. The second-order valence-corrected chi connectivity index (χ2v) is 15.2. The Morgan fingerprint density at radius 2 is 0.820 bits per heavy atom. The summed E-state index contributed by atoms with van der Waals surface area (Å²) in [6.45, 7) is 1.99. The molecule has 0 radical (unpaired) electrons. The van der Waals surface area contributed by atoms with Gasteiger partial charge in [0.05, 0.1) is 19.8 Å². The van der Waals surface area contributed by atoms with E-state index in [2.05, 4.69) is 29.0 Å². The fourth-order valence-corrected chi connectivity index (χ4v) is 6.90. The number of esters is 1. The SMILES string of the molecule is O=C(CCCCCCCCCCOc1ccc(-c2ccc(OCCCCCCCCCCCOc3ccc4ccc(=O)oc4c3)cc2)cc1)Oc1c(F)c(F)c(F)c(F)c1F. The Kier molecular flexibility index (Phi) is 19.4. The van der Waals surface area contributed by atoms with Crippen molar-refractivity contribution >= 4 is 16.9 Å². The molecular formula is C49H55F5O7. The molecule has 328 valence electrons. The van der Waals surface area contributed by atoms with Crippen LogP contribution in [0.5, 0.6) is 23.0 Å². The zero-order chi connectivity index (χ0) is 43.2. The third-order valence-electron chi connectivity index (χ3n) is 10.4. The molecule has 0 unspecified atom stereocenters. The van der Waals surface area contributed by atoms with Crippen LogP contribution in [0.2, 0.25) is 0 Å². The van der Waals surface area contributed by atoms with Gasteiger partial charge in [-0.3, -0.25) is 4.79 Å². The van der Waals surface area contributed by atoms with E-state index >= 15 is 0 Å². The molecule has 0 fully saturated rings. The summed E-state index contributed by atoms with van der Waals surface area (Å²) < 4.78 is 94.5. The minimum absolute atomic E-state index is 0.191. The first kappa shape index (κ1) is 46.7. The summed E-state index contributed by atoms with van der Waals surface area (Å²) in [4.78, 5) is 23.3. The molecule has 0 bridgehead atoms. The smallest absolute Gasteiger partial charge is 0.336 e. The minimum Gasteiger partial charge on any atom is -0.494 e. The summed E-state index contributed by atoms with van der Waals surface area (Å²) in [5.74, 6) is -11.1. The Morgan fingerprint density at radius 1 is 0.443 bits per heavy atom. The van der Waals surface area contributed by atoms with Crippen molar-refractivity contribution in [3.63, 3.8) is 0 Å². The van der Waals surface area contributed by atoms with E-state index in [1.807, 2.05) is 36.4 Å². The molecule has 5 rings (SSSR count). The van der Waals surface area contributed by atoms with Gasteiger partial charge >= 0.3 is 11.6 Å². The topological polar surface area (TPSA) is 84.2 Å². The molecule has 1 heterocycles. The van der Waals surface area contributed by atoms with E-state index in [1.54, 1.807) is 12.1 Å². The Balaban J connectivity index is 0.808. The van der Waals surface area contributed by atoms with Crippen LogP contribution in [0, 0.1) is 29.1 Å². The molecular weight excluding hydrogens is 796 g/mol. The minimum atomic E-state index is -2.30. The number of fused-ring (bicyclic) bond motifs is 1. The number of rotatable bonds is 28. The maximum absolute atomic E-state index is 13.7. The molecule has 12 heteroatoms. The molecule has 0 aliphatic carbocycles. The second-order valence-electron chi connectivity index (χ2n) is 15.2. The largest absolute Gasteiger partial charge is 0.494 e.